The molecule has 0 unspecified atom stereocenters. The van der Waals surface area contributed by atoms with Crippen LogP contribution in [0.25, 0.3) is 0 Å². The van der Waals surface area contributed by atoms with Crippen LogP contribution in [0.5, 0.6) is 5.75 Å². The lowest BCUT2D eigenvalue weighted by Crippen LogP contribution is -2.21. The molecule has 1 aliphatic rings. The van der Waals surface area contributed by atoms with Crippen molar-refractivity contribution in [1.29, 1.82) is 0 Å². The first-order valence-corrected chi connectivity index (χ1v) is 5.81. The molecule has 4 nitrogen and oxygen atoms in total. The number of thioether (sulfide) groups is 1. The molecule has 0 fully saturated rings. The lowest BCUT2D eigenvalue weighted by atomic mass is 10.3. The van der Waals surface area contributed by atoms with E-state index >= 15 is 0 Å². The van der Waals surface area contributed by atoms with Crippen molar-refractivity contribution in [2.24, 2.45) is 4.99 Å². The molecule has 0 radical (unpaired) electrons. The van der Waals surface area contributed by atoms with Crippen LogP contribution >= 0.6 is 11.8 Å². The Morgan fingerprint density at radius 1 is 1.38 bits per heavy atom. The predicted octanol–water partition coefficient (Wildman–Crippen LogP) is 1.76. The van der Waals surface area contributed by atoms with Gasteiger partial charge in [0.15, 0.2) is 5.17 Å². The van der Waals surface area contributed by atoms with Gasteiger partial charge in [-0.25, -0.2) is 0 Å². The minimum Gasteiger partial charge on any atom is -0.497 e. The van der Waals surface area contributed by atoms with E-state index < -0.39 is 0 Å². The van der Waals surface area contributed by atoms with Crippen LogP contribution in [0.15, 0.2) is 29.3 Å². The van der Waals surface area contributed by atoms with Crippen LogP contribution in [0.1, 0.15) is 0 Å². The van der Waals surface area contributed by atoms with Crippen molar-refractivity contribution in [2.75, 3.05) is 24.8 Å². The number of hydrogen-bond acceptors (Lipinski definition) is 4. The Balaban J connectivity index is 2.17. The number of methoxy groups -OCH3 is 1. The topological polar surface area (TPSA) is 41.9 Å². The second kappa shape index (κ2) is 4.57. The third-order valence-corrected chi connectivity index (χ3v) is 3.31. The van der Waals surface area contributed by atoms with Crippen molar-refractivity contribution in [1.82, 2.24) is 0 Å². The maximum absolute atomic E-state index is 11.0. The van der Waals surface area contributed by atoms with E-state index in [1.54, 1.807) is 7.11 Å². The number of carbonyl (C=O) groups excluding carboxylic acids is 1. The maximum Gasteiger partial charge on any atom is 0.258 e. The number of benzene rings is 1. The molecule has 0 aliphatic carbocycles. The monoisotopic (exact) mass is 236 g/mol. The van der Waals surface area contributed by atoms with E-state index in [9.17, 15) is 4.79 Å². The summed E-state index contributed by atoms with van der Waals surface area (Å²) in [5.74, 6) is 1.19. The van der Waals surface area contributed by atoms with Crippen LogP contribution in [-0.4, -0.2) is 31.0 Å². The largest absolute Gasteiger partial charge is 0.497 e. The van der Waals surface area contributed by atoms with Crippen molar-refractivity contribution in [3.8, 4) is 5.75 Å². The maximum atomic E-state index is 11.0. The van der Waals surface area contributed by atoms with E-state index in [1.165, 1.54) is 11.8 Å². The number of amides is 1. The number of nitrogens with zero attached hydrogens (tertiary/aromatic N) is 2. The number of hydrogen-bond donors (Lipinski definition) is 0. The molecule has 0 spiro atoms. The smallest absolute Gasteiger partial charge is 0.258 e. The fraction of sp³-hybridized carbons (Fsp3) is 0.273. The molecular weight excluding hydrogens is 224 g/mol. The number of anilines is 1. The predicted molar refractivity (Wildman–Crippen MR) is 66.3 cm³/mol. The summed E-state index contributed by atoms with van der Waals surface area (Å²) < 4.78 is 5.08. The van der Waals surface area contributed by atoms with Crippen LogP contribution in [0.2, 0.25) is 0 Å². The quantitative estimate of drug-likeness (QED) is 0.784. The SMILES string of the molecule is COc1ccc(N(C)C2=NC(=O)CS2)cc1. The highest BCUT2D eigenvalue weighted by Crippen LogP contribution is 2.23. The van der Waals surface area contributed by atoms with Gasteiger partial charge in [-0.1, -0.05) is 11.8 Å². The average Bonchev–Trinajstić information content (AvgIpc) is 2.75. The highest BCUT2D eigenvalue weighted by Gasteiger charge is 2.19. The summed E-state index contributed by atoms with van der Waals surface area (Å²) in [6.07, 6.45) is 0. The molecule has 1 aromatic rings. The number of ether oxygens (including phenoxy) is 1. The zero-order chi connectivity index (χ0) is 11.5. The second-order valence-electron chi connectivity index (χ2n) is 3.33. The molecule has 1 aromatic carbocycles. The molecular formula is C11H12N2O2S. The zero-order valence-corrected chi connectivity index (χ0v) is 9.95. The summed E-state index contributed by atoms with van der Waals surface area (Å²) >= 11 is 1.46. The zero-order valence-electron chi connectivity index (χ0n) is 9.14. The van der Waals surface area contributed by atoms with E-state index in [0.29, 0.717) is 5.75 Å². The number of amidine groups is 1. The van der Waals surface area contributed by atoms with Crippen molar-refractivity contribution in [3.63, 3.8) is 0 Å². The van der Waals surface area contributed by atoms with Crippen LogP contribution in [0, 0.1) is 0 Å². The van der Waals surface area contributed by atoms with Gasteiger partial charge in [0.1, 0.15) is 5.75 Å². The molecule has 0 saturated heterocycles. The van der Waals surface area contributed by atoms with Crippen molar-refractivity contribution < 1.29 is 9.53 Å². The minimum atomic E-state index is -0.0691. The highest BCUT2D eigenvalue weighted by atomic mass is 32.2. The fourth-order valence-electron chi connectivity index (χ4n) is 1.39. The van der Waals surface area contributed by atoms with Crippen LogP contribution in [-0.2, 0) is 4.79 Å². The van der Waals surface area contributed by atoms with Gasteiger partial charge in [-0.2, -0.15) is 4.99 Å². The molecule has 1 heterocycles. The van der Waals surface area contributed by atoms with E-state index in [1.807, 2.05) is 36.2 Å². The van der Waals surface area contributed by atoms with Crippen LogP contribution in [0.4, 0.5) is 5.69 Å². The highest BCUT2D eigenvalue weighted by molar-refractivity contribution is 8.15. The normalized spacial score (nSPS) is 14.9. The average molecular weight is 236 g/mol. The molecule has 0 bridgehead atoms. The molecule has 84 valence electrons. The standard InChI is InChI=1S/C11H12N2O2S/c1-13(11-12-10(14)7-16-11)8-3-5-9(15-2)6-4-8/h3-6H,7H2,1-2H3. The third kappa shape index (κ3) is 2.19. The Morgan fingerprint density at radius 2 is 2.06 bits per heavy atom. The van der Waals surface area contributed by atoms with E-state index in [4.69, 9.17) is 4.74 Å². The molecule has 1 aliphatic heterocycles. The molecule has 1 amide bonds. The number of aliphatic imine (C=N–C) groups is 1. The Bertz CT molecular complexity index is 428. The Labute approximate surface area is 98.3 Å². The first kappa shape index (κ1) is 11.0. The van der Waals surface area contributed by atoms with Gasteiger partial charge in [-0.05, 0) is 24.3 Å². The molecule has 0 saturated carbocycles. The Morgan fingerprint density at radius 3 is 2.56 bits per heavy atom. The van der Waals surface area contributed by atoms with Crippen LogP contribution in [0.3, 0.4) is 0 Å². The number of rotatable bonds is 2. The van der Waals surface area contributed by atoms with Gasteiger partial charge in [-0.15, -0.1) is 0 Å². The van der Waals surface area contributed by atoms with Gasteiger partial charge < -0.3 is 9.64 Å². The van der Waals surface area contributed by atoms with Crippen molar-refractivity contribution in [2.45, 2.75) is 0 Å². The van der Waals surface area contributed by atoms with Crippen molar-refractivity contribution in [3.05, 3.63) is 24.3 Å². The third-order valence-electron chi connectivity index (χ3n) is 2.29. The van der Waals surface area contributed by atoms with Gasteiger partial charge in [0.05, 0.1) is 12.9 Å². The van der Waals surface area contributed by atoms with Gasteiger partial charge in [-0.3, -0.25) is 4.79 Å². The Hall–Kier alpha value is -1.49. The van der Waals surface area contributed by atoms with Crippen LogP contribution < -0.4 is 9.64 Å². The van der Waals surface area contributed by atoms with Gasteiger partial charge in [0.2, 0.25) is 0 Å². The molecule has 5 heteroatoms. The second-order valence-corrected chi connectivity index (χ2v) is 4.28. The summed E-state index contributed by atoms with van der Waals surface area (Å²) in [4.78, 5) is 16.9. The lowest BCUT2D eigenvalue weighted by Gasteiger charge is -2.17. The first-order chi connectivity index (χ1) is 7.70. The molecule has 16 heavy (non-hydrogen) atoms. The summed E-state index contributed by atoms with van der Waals surface area (Å²) in [5, 5.41) is 0.746. The van der Waals surface area contributed by atoms with Gasteiger partial charge >= 0.3 is 0 Å². The number of carbonyl (C=O) groups is 1. The molecule has 0 aromatic heterocycles. The minimum absolute atomic E-state index is 0.0691. The lowest BCUT2D eigenvalue weighted by molar-refractivity contribution is -0.115. The molecule has 0 N–H and O–H groups in total. The molecule has 2 rings (SSSR count). The van der Waals surface area contributed by atoms with E-state index in [0.717, 1.165) is 16.6 Å². The van der Waals surface area contributed by atoms with Crippen molar-refractivity contribution >= 4 is 28.5 Å². The summed E-state index contributed by atoms with van der Waals surface area (Å²) in [5.41, 5.74) is 0.988. The molecule has 0 atom stereocenters. The Kier molecular flexibility index (Phi) is 3.14. The van der Waals surface area contributed by atoms with E-state index in [-0.39, 0.29) is 5.91 Å². The van der Waals surface area contributed by atoms with Gasteiger partial charge in [0.25, 0.3) is 5.91 Å². The summed E-state index contributed by atoms with van der Waals surface area (Å²) in [6.45, 7) is 0. The fourth-order valence-corrected chi connectivity index (χ4v) is 2.17. The first-order valence-electron chi connectivity index (χ1n) is 4.83. The summed E-state index contributed by atoms with van der Waals surface area (Å²) in [7, 11) is 3.53. The summed E-state index contributed by atoms with van der Waals surface area (Å²) in [6, 6.07) is 7.64. The van der Waals surface area contributed by atoms with E-state index in [2.05, 4.69) is 4.99 Å². The van der Waals surface area contributed by atoms with Gasteiger partial charge in [0, 0.05) is 12.7 Å².